The van der Waals surface area contributed by atoms with Crippen LogP contribution in [0, 0.1) is 12.7 Å². The number of amides is 1. The van der Waals surface area contributed by atoms with Crippen molar-refractivity contribution >= 4 is 40.5 Å². The Morgan fingerprint density at radius 1 is 1.14 bits per heavy atom. The van der Waals surface area contributed by atoms with Gasteiger partial charge in [-0.25, -0.2) is 4.39 Å². The topological polar surface area (TPSA) is 70.4 Å². The van der Waals surface area contributed by atoms with E-state index in [1.54, 1.807) is 18.3 Å². The maximum Gasteiger partial charge on any atom is 0.226 e. The number of carbonyl (C=O) groups excluding carboxylic acids is 1. The zero-order valence-electron chi connectivity index (χ0n) is 19.9. The summed E-state index contributed by atoms with van der Waals surface area (Å²) >= 11 is 12.0. The fourth-order valence-corrected chi connectivity index (χ4v) is 4.99. The Balaban J connectivity index is 1.42. The molecule has 0 bridgehead atoms. The van der Waals surface area contributed by atoms with E-state index in [9.17, 15) is 9.18 Å². The van der Waals surface area contributed by atoms with E-state index < -0.39 is 5.82 Å². The maximum absolute atomic E-state index is 14.0. The molecule has 0 saturated carbocycles. The zero-order valence-corrected chi connectivity index (χ0v) is 21.5. The number of carbonyl (C=O) groups is 1. The first-order chi connectivity index (χ1) is 17.9. The summed E-state index contributed by atoms with van der Waals surface area (Å²) in [4.78, 5) is 19.1. The third-order valence-electron chi connectivity index (χ3n) is 6.38. The number of thiocarbonyl (C=S) groups is 1. The summed E-state index contributed by atoms with van der Waals surface area (Å²) in [7, 11) is 0. The maximum atomic E-state index is 14.0. The highest BCUT2D eigenvalue weighted by Crippen LogP contribution is 2.41. The summed E-state index contributed by atoms with van der Waals surface area (Å²) in [6.07, 6.45) is 1.83. The van der Waals surface area contributed by atoms with Crippen molar-refractivity contribution in [3.8, 4) is 11.3 Å². The molecular formula is C28H24ClFN4O2S. The number of anilines is 1. The molecule has 9 heteroatoms. The number of benzene rings is 2. The lowest BCUT2D eigenvalue weighted by Gasteiger charge is -2.26. The number of para-hydroxylation sites is 1. The van der Waals surface area contributed by atoms with Crippen LogP contribution in [-0.4, -0.2) is 27.4 Å². The number of nitrogens with one attached hydrogen (secondary N) is 2. The van der Waals surface area contributed by atoms with E-state index in [-0.39, 0.29) is 30.1 Å². The van der Waals surface area contributed by atoms with Gasteiger partial charge in [-0.1, -0.05) is 41.9 Å². The van der Waals surface area contributed by atoms with Gasteiger partial charge in [0.05, 0.1) is 17.4 Å². The van der Waals surface area contributed by atoms with Gasteiger partial charge >= 0.3 is 0 Å². The third-order valence-corrected chi connectivity index (χ3v) is 7.14. The van der Waals surface area contributed by atoms with E-state index in [0.717, 1.165) is 16.8 Å². The lowest BCUT2D eigenvalue weighted by Crippen LogP contribution is -2.32. The number of pyridine rings is 1. The average molecular weight is 535 g/mol. The lowest BCUT2D eigenvalue weighted by molar-refractivity contribution is -0.116. The largest absolute Gasteiger partial charge is 0.459 e. The molecule has 2 aromatic heterocycles. The van der Waals surface area contributed by atoms with Gasteiger partial charge < -0.3 is 20.0 Å². The fourth-order valence-electron chi connectivity index (χ4n) is 4.48. The van der Waals surface area contributed by atoms with E-state index in [4.69, 9.17) is 28.2 Å². The van der Waals surface area contributed by atoms with Crippen molar-refractivity contribution in [1.82, 2.24) is 15.2 Å². The second-order valence-electron chi connectivity index (χ2n) is 8.71. The Kier molecular flexibility index (Phi) is 7.21. The number of hydrogen-bond acceptors (Lipinski definition) is 4. The summed E-state index contributed by atoms with van der Waals surface area (Å²) in [5.41, 5.74) is 2.76. The van der Waals surface area contributed by atoms with Gasteiger partial charge in [0.25, 0.3) is 0 Å². The lowest BCUT2D eigenvalue weighted by atomic mass is 10.0. The molecule has 5 rings (SSSR count). The number of rotatable bonds is 7. The molecule has 0 spiro atoms. The van der Waals surface area contributed by atoms with Crippen LogP contribution in [0.15, 0.2) is 83.4 Å². The van der Waals surface area contributed by atoms with E-state index in [0.29, 0.717) is 28.2 Å². The molecule has 1 fully saturated rings. The second-order valence-corrected chi connectivity index (χ2v) is 9.51. The van der Waals surface area contributed by atoms with Crippen molar-refractivity contribution in [3.63, 3.8) is 0 Å². The first kappa shape index (κ1) is 24.9. The molecule has 37 heavy (non-hydrogen) atoms. The summed E-state index contributed by atoms with van der Waals surface area (Å²) in [6.45, 7) is 2.25. The molecule has 2 aromatic carbocycles. The minimum absolute atomic E-state index is 0.0998. The van der Waals surface area contributed by atoms with Crippen molar-refractivity contribution in [2.75, 3.05) is 11.9 Å². The van der Waals surface area contributed by atoms with Gasteiger partial charge in [0.1, 0.15) is 23.4 Å². The Labute approximate surface area is 224 Å². The van der Waals surface area contributed by atoms with Gasteiger partial charge in [-0.3, -0.25) is 9.78 Å². The smallest absolute Gasteiger partial charge is 0.226 e. The summed E-state index contributed by atoms with van der Waals surface area (Å²) in [5, 5.41) is 7.12. The molecule has 0 unspecified atom stereocenters. The Hall–Kier alpha value is -3.75. The molecule has 2 N–H and O–H groups in total. The van der Waals surface area contributed by atoms with Crippen LogP contribution in [0.4, 0.5) is 10.1 Å². The zero-order chi connectivity index (χ0) is 25.9. The number of nitrogens with zero attached hydrogens (tertiary/aromatic N) is 2. The van der Waals surface area contributed by atoms with Crippen molar-refractivity contribution in [2.24, 2.45) is 0 Å². The third kappa shape index (κ3) is 5.21. The van der Waals surface area contributed by atoms with Crippen LogP contribution in [0.5, 0.6) is 0 Å². The van der Waals surface area contributed by atoms with Crippen LogP contribution in [-0.2, 0) is 4.79 Å². The van der Waals surface area contributed by atoms with Crippen molar-refractivity contribution < 1.29 is 13.6 Å². The van der Waals surface area contributed by atoms with Crippen LogP contribution in [0.3, 0.4) is 0 Å². The molecule has 0 radical (unpaired) electrons. The van der Waals surface area contributed by atoms with Crippen LogP contribution < -0.4 is 10.6 Å². The van der Waals surface area contributed by atoms with Gasteiger partial charge in [0.15, 0.2) is 5.11 Å². The number of aromatic nitrogens is 1. The summed E-state index contributed by atoms with van der Waals surface area (Å²) < 4.78 is 20.3. The van der Waals surface area contributed by atoms with Crippen molar-refractivity contribution in [1.29, 1.82) is 0 Å². The minimum atomic E-state index is -0.485. The van der Waals surface area contributed by atoms with E-state index in [1.807, 2.05) is 60.4 Å². The predicted molar refractivity (Wildman–Crippen MR) is 146 cm³/mol. The SMILES string of the molecule is Cc1c(Cl)cccc1-c1ccc([C@@H]2[C@@H](c3ccccn3)NC(=S)N2CCC(=O)Nc2ccccc2F)o1. The minimum Gasteiger partial charge on any atom is -0.459 e. The fraction of sp³-hybridized carbons (Fsp3) is 0.179. The van der Waals surface area contributed by atoms with Crippen LogP contribution in [0.25, 0.3) is 11.3 Å². The predicted octanol–water partition coefficient (Wildman–Crippen LogP) is 6.44. The normalized spacial score (nSPS) is 17.1. The van der Waals surface area contributed by atoms with Gasteiger partial charge in [0, 0.05) is 29.7 Å². The van der Waals surface area contributed by atoms with Crippen LogP contribution >= 0.6 is 23.8 Å². The van der Waals surface area contributed by atoms with Gasteiger partial charge in [-0.15, -0.1) is 0 Å². The van der Waals surface area contributed by atoms with E-state index in [1.165, 1.54) is 12.1 Å². The van der Waals surface area contributed by atoms with Gasteiger partial charge in [0.2, 0.25) is 5.91 Å². The highest BCUT2D eigenvalue weighted by Gasteiger charge is 2.41. The highest BCUT2D eigenvalue weighted by molar-refractivity contribution is 7.80. The van der Waals surface area contributed by atoms with Crippen LogP contribution in [0.2, 0.25) is 5.02 Å². The van der Waals surface area contributed by atoms with Crippen molar-refractivity contribution in [2.45, 2.75) is 25.4 Å². The summed E-state index contributed by atoms with van der Waals surface area (Å²) in [5.74, 6) is 0.557. The van der Waals surface area contributed by atoms with Crippen molar-refractivity contribution in [3.05, 3.63) is 107 Å². The van der Waals surface area contributed by atoms with Gasteiger partial charge in [-0.05, 0) is 67.2 Å². The summed E-state index contributed by atoms with van der Waals surface area (Å²) in [6, 6.07) is 20.6. The standard InChI is InChI=1S/C28H24ClFN4O2S/c1-17-18(7-6-8-19(17)29)23-12-13-24(36-23)27-26(22-11-4-5-15-31-22)33-28(37)34(27)16-14-25(35)32-21-10-3-2-9-20(21)30/h2-13,15,26-27H,14,16H2,1H3,(H,32,35)(H,33,37)/t26-,27-/m1/s1. The van der Waals surface area contributed by atoms with Gasteiger partial charge in [-0.2, -0.15) is 0 Å². The first-order valence-electron chi connectivity index (χ1n) is 11.8. The number of hydrogen-bond donors (Lipinski definition) is 2. The monoisotopic (exact) mass is 534 g/mol. The molecule has 1 amide bonds. The molecule has 2 atom stereocenters. The number of furan rings is 1. The number of halogens is 2. The molecular weight excluding hydrogens is 511 g/mol. The molecule has 3 heterocycles. The molecule has 1 aliphatic rings. The molecule has 0 aliphatic carbocycles. The average Bonchev–Trinajstić information content (AvgIpc) is 3.51. The molecule has 1 aliphatic heterocycles. The Morgan fingerprint density at radius 2 is 1.95 bits per heavy atom. The highest BCUT2D eigenvalue weighted by atomic mass is 35.5. The second kappa shape index (κ2) is 10.7. The Bertz CT molecular complexity index is 1450. The quantitative estimate of drug-likeness (QED) is 0.266. The molecule has 6 nitrogen and oxygen atoms in total. The Morgan fingerprint density at radius 3 is 2.73 bits per heavy atom. The molecule has 4 aromatic rings. The van der Waals surface area contributed by atoms with E-state index in [2.05, 4.69) is 15.6 Å². The molecule has 1 saturated heterocycles. The van der Waals surface area contributed by atoms with Crippen LogP contribution in [0.1, 0.15) is 35.5 Å². The first-order valence-corrected chi connectivity index (χ1v) is 12.6. The van der Waals surface area contributed by atoms with E-state index >= 15 is 0 Å². The molecule has 188 valence electrons.